The summed E-state index contributed by atoms with van der Waals surface area (Å²) < 4.78 is 18.8. The summed E-state index contributed by atoms with van der Waals surface area (Å²) in [5.41, 5.74) is 1.11. The van der Waals surface area contributed by atoms with Crippen LogP contribution < -0.4 is 0 Å². The van der Waals surface area contributed by atoms with Crippen LogP contribution in [-0.4, -0.2) is 61.8 Å². The smallest absolute Gasteiger partial charge is 0.123 e. The van der Waals surface area contributed by atoms with Crippen LogP contribution in [0, 0.1) is 11.7 Å². The van der Waals surface area contributed by atoms with E-state index in [1.807, 2.05) is 12.1 Å². The molecule has 0 saturated carbocycles. The van der Waals surface area contributed by atoms with Crippen LogP contribution in [0.2, 0.25) is 0 Å². The standard InChI is InChI=1S/C21H33FN2O/c1-2-24(21-9-13-25-14-10-21)17-19-6-4-11-23(16-19)12-8-18-5-3-7-20(22)15-18/h3,5,7,15,19,21H,2,4,6,8-14,16-17H2,1H3. The number of rotatable bonds is 7. The molecular weight excluding hydrogens is 315 g/mol. The Kier molecular flexibility index (Phi) is 7.26. The molecule has 25 heavy (non-hydrogen) atoms. The molecular formula is C21H33FN2O. The van der Waals surface area contributed by atoms with E-state index in [4.69, 9.17) is 4.74 Å². The SMILES string of the molecule is CCN(CC1CCCN(CCc2cccc(F)c2)C1)C1CCOCC1. The van der Waals surface area contributed by atoms with E-state index in [0.717, 1.165) is 44.2 Å². The Morgan fingerprint density at radius 3 is 2.84 bits per heavy atom. The number of piperidine rings is 1. The van der Waals surface area contributed by atoms with Crippen molar-refractivity contribution in [2.45, 2.75) is 45.1 Å². The lowest BCUT2D eigenvalue weighted by Gasteiger charge is -2.39. The highest BCUT2D eigenvalue weighted by Gasteiger charge is 2.26. The maximum absolute atomic E-state index is 13.3. The number of halogens is 1. The van der Waals surface area contributed by atoms with E-state index < -0.39 is 0 Å². The first-order chi connectivity index (χ1) is 12.2. The first-order valence-corrected chi connectivity index (χ1v) is 10.0. The van der Waals surface area contributed by atoms with E-state index in [0.29, 0.717) is 6.04 Å². The largest absolute Gasteiger partial charge is 0.381 e. The number of hydrogen-bond donors (Lipinski definition) is 0. The van der Waals surface area contributed by atoms with Gasteiger partial charge in [0, 0.05) is 38.9 Å². The maximum Gasteiger partial charge on any atom is 0.123 e. The van der Waals surface area contributed by atoms with Crippen molar-refractivity contribution >= 4 is 0 Å². The predicted molar refractivity (Wildman–Crippen MR) is 100 cm³/mol. The van der Waals surface area contributed by atoms with Gasteiger partial charge in [-0.15, -0.1) is 0 Å². The highest BCUT2D eigenvalue weighted by atomic mass is 19.1. The van der Waals surface area contributed by atoms with Gasteiger partial charge in [0.05, 0.1) is 0 Å². The molecule has 0 aliphatic carbocycles. The molecule has 2 aliphatic heterocycles. The Bertz CT molecular complexity index is 518. The van der Waals surface area contributed by atoms with Crippen molar-refractivity contribution in [3.8, 4) is 0 Å². The minimum absolute atomic E-state index is 0.121. The van der Waals surface area contributed by atoms with Gasteiger partial charge in [-0.3, -0.25) is 0 Å². The van der Waals surface area contributed by atoms with E-state index in [1.54, 1.807) is 6.07 Å². The molecule has 1 unspecified atom stereocenters. The van der Waals surface area contributed by atoms with Crippen LogP contribution in [0.5, 0.6) is 0 Å². The maximum atomic E-state index is 13.3. The molecule has 0 aromatic heterocycles. The van der Waals surface area contributed by atoms with Gasteiger partial charge in [-0.05, 0) is 68.8 Å². The average molecular weight is 349 g/mol. The third kappa shape index (κ3) is 5.77. The molecule has 1 aromatic rings. The molecule has 2 heterocycles. The van der Waals surface area contributed by atoms with Crippen LogP contribution in [0.3, 0.4) is 0 Å². The molecule has 1 aromatic carbocycles. The summed E-state index contributed by atoms with van der Waals surface area (Å²) in [6, 6.07) is 7.76. The Labute approximate surface area is 152 Å². The molecule has 3 nitrogen and oxygen atoms in total. The molecule has 0 amide bonds. The fraction of sp³-hybridized carbons (Fsp3) is 0.714. The van der Waals surface area contributed by atoms with Gasteiger partial charge in [0.1, 0.15) is 5.82 Å². The predicted octanol–water partition coefficient (Wildman–Crippen LogP) is 3.58. The Morgan fingerprint density at radius 2 is 2.08 bits per heavy atom. The summed E-state index contributed by atoms with van der Waals surface area (Å²) in [7, 11) is 0. The molecule has 0 bridgehead atoms. The second-order valence-corrected chi connectivity index (χ2v) is 7.62. The van der Waals surface area contributed by atoms with Gasteiger partial charge >= 0.3 is 0 Å². The zero-order chi connectivity index (χ0) is 17.5. The van der Waals surface area contributed by atoms with Crippen LogP contribution in [0.25, 0.3) is 0 Å². The number of nitrogens with zero attached hydrogens (tertiary/aromatic N) is 2. The fourth-order valence-corrected chi connectivity index (χ4v) is 4.40. The van der Waals surface area contributed by atoms with Crippen molar-refractivity contribution in [2.75, 3.05) is 45.9 Å². The minimum atomic E-state index is -0.121. The third-order valence-electron chi connectivity index (χ3n) is 5.81. The molecule has 0 N–H and O–H groups in total. The summed E-state index contributed by atoms with van der Waals surface area (Å²) >= 11 is 0. The van der Waals surface area contributed by atoms with E-state index >= 15 is 0 Å². The third-order valence-corrected chi connectivity index (χ3v) is 5.81. The van der Waals surface area contributed by atoms with Crippen LogP contribution >= 0.6 is 0 Å². The fourth-order valence-electron chi connectivity index (χ4n) is 4.40. The normalized spacial score (nSPS) is 23.2. The van der Waals surface area contributed by atoms with E-state index in [9.17, 15) is 4.39 Å². The number of benzene rings is 1. The highest BCUT2D eigenvalue weighted by molar-refractivity contribution is 5.16. The second-order valence-electron chi connectivity index (χ2n) is 7.62. The number of hydrogen-bond acceptors (Lipinski definition) is 3. The average Bonchev–Trinajstić information content (AvgIpc) is 2.65. The topological polar surface area (TPSA) is 15.7 Å². The molecule has 4 heteroatoms. The summed E-state index contributed by atoms with van der Waals surface area (Å²) in [6.45, 7) is 9.92. The van der Waals surface area contributed by atoms with Crippen LogP contribution in [0.4, 0.5) is 4.39 Å². The van der Waals surface area contributed by atoms with Crippen molar-refractivity contribution in [1.82, 2.24) is 9.80 Å². The van der Waals surface area contributed by atoms with Gasteiger partial charge in [-0.1, -0.05) is 19.1 Å². The van der Waals surface area contributed by atoms with Crippen LogP contribution in [0.1, 0.15) is 38.2 Å². The van der Waals surface area contributed by atoms with Gasteiger partial charge in [-0.25, -0.2) is 4.39 Å². The van der Waals surface area contributed by atoms with Crippen molar-refractivity contribution in [3.05, 3.63) is 35.6 Å². The minimum Gasteiger partial charge on any atom is -0.381 e. The molecule has 1 atom stereocenters. The highest BCUT2D eigenvalue weighted by Crippen LogP contribution is 2.22. The van der Waals surface area contributed by atoms with Crippen molar-refractivity contribution in [1.29, 1.82) is 0 Å². The summed E-state index contributed by atoms with van der Waals surface area (Å²) in [4.78, 5) is 5.26. The van der Waals surface area contributed by atoms with Crippen molar-refractivity contribution in [3.63, 3.8) is 0 Å². The summed E-state index contributed by atoms with van der Waals surface area (Å²) in [5.74, 6) is 0.646. The molecule has 140 valence electrons. The lowest BCUT2D eigenvalue weighted by atomic mass is 9.95. The molecule has 0 spiro atoms. The van der Waals surface area contributed by atoms with Gasteiger partial charge in [0.15, 0.2) is 0 Å². The number of likely N-dealkylation sites (tertiary alicyclic amines) is 1. The molecule has 0 radical (unpaired) electrons. The lowest BCUT2D eigenvalue weighted by molar-refractivity contribution is 0.0240. The summed E-state index contributed by atoms with van der Waals surface area (Å²) in [5, 5.41) is 0. The Hall–Kier alpha value is -0.970. The second kappa shape index (κ2) is 9.65. The molecule has 2 fully saturated rings. The quantitative estimate of drug-likeness (QED) is 0.749. The van der Waals surface area contributed by atoms with Gasteiger partial charge in [-0.2, -0.15) is 0 Å². The van der Waals surface area contributed by atoms with Crippen LogP contribution in [0.15, 0.2) is 24.3 Å². The van der Waals surface area contributed by atoms with Gasteiger partial charge < -0.3 is 14.5 Å². The number of ether oxygens (including phenoxy) is 1. The van der Waals surface area contributed by atoms with E-state index in [-0.39, 0.29) is 5.82 Å². The van der Waals surface area contributed by atoms with Crippen LogP contribution in [-0.2, 0) is 11.2 Å². The zero-order valence-electron chi connectivity index (χ0n) is 15.6. The van der Waals surface area contributed by atoms with E-state index in [1.165, 1.54) is 51.4 Å². The van der Waals surface area contributed by atoms with Gasteiger partial charge in [0.2, 0.25) is 0 Å². The van der Waals surface area contributed by atoms with Crippen molar-refractivity contribution in [2.24, 2.45) is 5.92 Å². The molecule has 3 rings (SSSR count). The van der Waals surface area contributed by atoms with Crippen molar-refractivity contribution < 1.29 is 9.13 Å². The molecule has 2 aliphatic rings. The lowest BCUT2D eigenvalue weighted by Crippen LogP contribution is -2.46. The Balaban J connectivity index is 1.46. The molecule has 2 saturated heterocycles. The monoisotopic (exact) mass is 348 g/mol. The Morgan fingerprint density at radius 1 is 1.24 bits per heavy atom. The van der Waals surface area contributed by atoms with E-state index in [2.05, 4.69) is 16.7 Å². The first kappa shape index (κ1) is 18.8. The summed E-state index contributed by atoms with van der Waals surface area (Å²) in [6.07, 6.45) is 5.95. The first-order valence-electron chi connectivity index (χ1n) is 10.0. The zero-order valence-corrected chi connectivity index (χ0v) is 15.6. The van der Waals surface area contributed by atoms with Gasteiger partial charge in [0.25, 0.3) is 0 Å².